The third-order valence-corrected chi connectivity index (χ3v) is 3.86. The molecule has 2 aromatic carbocycles. The minimum absolute atomic E-state index is 0.0675. The number of hydrogen-bond acceptors (Lipinski definition) is 5. The highest BCUT2D eigenvalue weighted by molar-refractivity contribution is 6.34. The molecule has 0 saturated carbocycles. The molecule has 0 unspecified atom stereocenters. The molecule has 0 aliphatic heterocycles. The van der Waals surface area contributed by atoms with Gasteiger partial charge in [0.25, 0.3) is 11.6 Å². The highest BCUT2D eigenvalue weighted by Crippen LogP contribution is 2.29. The molecule has 0 saturated heterocycles. The number of aromatic nitrogens is 1. The number of benzene rings is 2. The lowest BCUT2D eigenvalue weighted by Crippen LogP contribution is -2.14. The predicted octanol–water partition coefficient (Wildman–Crippen LogP) is 4.46. The molecule has 3 rings (SSSR count). The van der Waals surface area contributed by atoms with Crippen molar-refractivity contribution in [3.63, 3.8) is 0 Å². The van der Waals surface area contributed by atoms with Gasteiger partial charge in [0.1, 0.15) is 17.0 Å². The van der Waals surface area contributed by atoms with E-state index in [4.69, 9.17) is 16.1 Å². The second kappa shape index (κ2) is 6.74. The first-order chi connectivity index (χ1) is 12.0. The number of halogens is 1. The number of carbonyl (C=O) groups is 1. The van der Waals surface area contributed by atoms with Crippen molar-refractivity contribution in [3.05, 3.63) is 75.0 Å². The van der Waals surface area contributed by atoms with E-state index < -0.39 is 10.8 Å². The van der Waals surface area contributed by atoms with E-state index in [1.165, 1.54) is 18.2 Å². The quantitative estimate of drug-likeness (QED) is 0.549. The van der Waals surface area contributed by atoms with Crippen LogP contribution in [0.5, 0.6) is 0 Å². The molecule has 1 amide bonds. The van der Waals surface area contributed by atoms with E-state index in [1.807, 2.05) is 30.3 Å². The zero-order valence-corrected chi connectivity index (χ0v) is 13.8. The Kier molecular flexibility index (Phi) is 4.49. The van der Waals surface area contributed by atoms with Crippen LogP contribution < -0.4 is 5.32 Å². The highest BCUT2D eigenvalue weighted by Gasteiger charge is 2.22. The minimum atomic E-state index is -0.560. The largest absolute Gasteiger partial charge is 0.360 e. The molecule has 0 radical (unpaired) electrons. The van der Waals surface area contributed by atoms with Crippen LogP contribution in [0.3, 0.4) is 0 Å². The molecule has 1 N–H and O–H groups in total. The second-order valence-corrected chi connectivity index (χ2v) is 5.61. The normalized spacial score (nSPS) is 10.5. The second-order valence-electron chi connectivity index (χ2n) is 5.20. The van der Waals surface area contributed by atoms with Crippen LogP contribution in [0.25, 0.3) is 11.3 Å². The van der Waals surface area contributed by atoms with Gasteiger partial charge in [-0.05, 0) is 13.0 Å². The average molecular weight is 358 g/mol. The summed E-state index contributed by atoms with van der Waals surface area (Å²) in [6.45, 7) is 1.63. The fourth-order valence-electron chi connectivity index (χ4n) is 2.34. The third kappa shape index (κ3) is 3.36. The number of nitro benzene ring substituents is 1. The number of hydrogen-bond donors (Lipinski definition) is 1. The van der Waals surface area contributed by atoms with E-state index in [1.54, 1.807) is 6.92 Å². The van der Waals surface area contributed by atoms with Gasteiger partial charge in [-0.25, -0.2) is 0 Å². The Labute approximate surface area is 147 Å². The van der Waals surface area contributed by atoms with Gasteiger partial charge in [-0.15, -0.1) is 0 Å². The lowest BCUT2D eigenvalue weighted by molar-refractivity contribution is -0.384. The number of nitrogens with zero attached hydrogens (tertiary/aromatic N) is 2. The van der Waals surface area contributed by atoms with Crippen molar-refractivity contribution in [3.8, 4) is 11.3 Å². The highest BCUT2D eigenvalue weighted by atomic mass is 35.5. The van der Waals surface area contributed by atoms with Crippen molar-refractivity contribution in [2.75, 3.05) is 5.32 Å². The van der Waals surface area contributed by atoms with Crippen LogP contribution in [0.15, 0.2) is 53.1 Å². The van der Waals surface area contributed by atoms with Crippen LogP contribution in [0.4, 0.5) is 11.4 Å². The Morgan fingerprint density at radius 2 is 1.96 bits per heavy atom. The summed E-state index contributed by atoms with van der Waals surface area (Å²) in [5.41, 5.74) is 1.53. The van der Waals surface area contributed by atoms with Gasteiger partial charge < -0.3 is 9.84 Å². The van der Waals surface area contributed by atoms with Crippen LogP contribution in [0, 0.1) is 17.0 Å². The van der Waals surface area contributed by atoms with Crippen LogP contribution in [0.2, 0.25) is 5.02 Å². The monoisotopic (exact) mass is 357 g/mol. The number of rotatable bonds is 4. The van der Waals surface area contributed by atoms with Crippen LogP contribution in [-0.4, -0.2) is 16.0 Å². The van der Waals surface area contributed by atoms with E-state index in [-0.39, 0.29) is 22.0 Å². The molecular weight excluding hydrogens is 346 g/mol. The molecule has 25 heavy (non-hydrogen) atoms. The molecule has 1 aromatic heterocycles. The van der Waals surface area contributed by atoms with Crippen molar-refractivity contribution >= 4 is 28.9 Å². The maximum absolute atomic E-state index is 12.7. The van der Waals surface area contributed by atoms with Gasteiger partial charge >= 0.3 is 0 Å². The maximum atomic E-state index is 12.7. The Morgan fingerprint density at radius 3 is 2.60 bits per heavy atom. The SMILES string of the molecule is Cc1onc(-c2ccccc2)c1C(=O)Nc1ccc([N+](=O)[O-])cc1Cl. The summed E-state index contributed by atoms with van der Waals surface area (Å²) in [6.07, 6.45) is 0. The first kappa shape index (κ1) is 16.7. The Bertz CT molecular complexity index is 954. The van der Waals surface area contributed by atoms with E-state index in [2.05, 4.69) is 10.5 Å². The molecule has 8 heteroatoms. The van der Waals surface area contributed by atoms with E-state index in [0.717, 1.165) is 5.56 Å². The van der Waals surface area contributed by atoms with Gasteiger partial charge in [-0.2, -0.15) is 0 Å². The molecule has 0 aliphatic rings. The van der Waals surface area contributed by atoms with Crippen molar-refractivity contribution in [2.45, 2.75) is 6.92 Å². The number of aryl methyl sites for hydroxylation is 1. The van der Waals surface area contributed by atoms with Gasteiger partial charge in [-0.3, -0.25) is 14.9 Å². The Morgan fingerprint density at radius 1 is 1.24 bits per heavy atom. The lowest BCUT2D eigenvalue weighted by atomic mass is 10.1. The van der Waals surface area contributed by atoms with Crippen LogP contribution in [-0.2, 0) is 0 Å². The molecule has 0 atom stereocenters. The summed E-state index contributed by atoms with van der Waals surface area (Å²) in [6, 6.07) is 13.0. The van der Waals surface area contributed by atoms with Gasteiger partial charge in [0, 0.05) is 17.7 Å². The van der Waals surface area contributed by atoms with Crippen molar-refractivity contribution in [2.24, 2.45) is 0 Å². The van der Waals surface area contributed by atoms with Gasteiger partial charge in [0.05, 0.1) is 15.6 Å². The van der Waals surface area contributed by atoms with Crippen LogP contribution >= 0.6 is 11.6 Å². The molecule has 0 bridgehead atoms. The standard InChI is InChI=1S/C17H12ClN3O4/c1-10-15(16(20-25-10)11-5-3-2-4-6-11)17(22)19-14-8-7-12(21(23)24)9-13(14)18/h2-9H,1H3,(H,19,22). The maximum Gasteiger partial charge on any atom is 0.271 e. The van der Waals surface area contributed by atoms with Gasteiger partial charge in [0.15, 0.2) is 0 Å². The smallest absolute Gasteiger partial charge is 0.271 e. The van der Waals surface area contributed by atoms with E-state index in [9.17, 15) is 14.9 Å². The predicted molar refractivity (Wildman–Crippen MR) is 92.7 cm³/mol. The number of carbonyl (C=O) groups excluding carboxylic acids is 1. The zero-order valence-electron chi connectivity index (χ0n) is 13.0. The summed E-state index contributed by atoms with van der Waals surface area (Å²) in [5.74, 6) is -0.109. The summed E-state index contributed by atoms with van der Waals surface area (Å²) in [5, 5.41) is 17.4. The molecule has 1 heterocycles. The lowest BCUT2D eigenvalue weighted by Gasteiger charge is -2.07. The molecule has 0 fully saturated rings. The van der Waals surface area contributed by atoms with Crippen molar-refractivity contribution in [1.29, 1.82) is 0 Å². The molecular formula is C17H12ClN3O4. The number of nitro groups is 1. The zero-order chi connectivity index (χ0) is 18.0. The summed E-state index contributed by atoms with van der Waals surface area (Å²) in [7, 11) is 0. The summed E-state index contributed by atoms with van der Waals surface area (Å²) >= 11 is 6.02. The van der Waals surface area contributed by atoms with E-state index in [0.29, 0.717) is 11.5 Å². The Balaban J connectivity index is 1.93. The minimum Gasteiger partial charge on any atom is -0.360 e. The molecule has 0 spiro atoms. The molecule has 126 valence electrons. The number of anilines is 1. The van der Waals surface area contributed by atoms with Gasteiger partial charge in [0.2, 0.25) is 0 Å². The van der Waals surface area contributed by atoms with Crippen molar-refractivity contribution < 1.29 is 14.2 Å². The molecule has 0 aliphatic carbocycles. The summed E-state index contributed by atoms with van der Waals surface area (Å²) in [4.78, 5) is 22.9. The fourth-order valence-corrected chi connectivity index (χ4v) is 2.56. The number of nitrogens with one attached hydrogen (secondary N) is 1. The first-order valence-electron chi connectivity index (χ1n) is 7.24. The van der Waals surface area contributed by atoms with E-state index >= 15 is 0 Å². The van der Waals surface area contributed by atoms with Gasteiger partial charge in [-0.1, -0.05) is 47.1 Å². The Hall–Kier alpha value is -3.19. The molecule has 7 nitrogen and oxygen atoms in total. The first-order valence-corrected chi connectivity index (χ1v) is 7.62. The van der Waals surface area contributed by atoms with Crippen LogP contribution in [0.1, 0.15) is 16.1 Å². The topological polar surface area (TPSA) is 98.3 Å². The average Bonchev–Trinajstić information content (AvgIpc) is 2.99. The number of amides is 1. The summed E-state index contributed by atoms with van der Waals surface area (Å²) < 4.78 is 5.16. The number of non-ortho nitro benzene ring substituents is 1. The molecule has 3 aromatic rings. The third-order valence-electron chi connectivity index (χ3n) is 3.55. The fraction of sp³-hybridized carbons (Fsp3) is 0.0588. The van der Waals surface area contributed by atoms with Crippen molar-refractivity contribution in [1.82, 2.24) is 5.16 Å².